The smallest absolute Gasteiger partial charge is 0.191 e. The van der Waals surface area contributed by atoms with Crippen LogP contribution >= 0.6 is 24.0 Å². The number of hydrogen-bond donors (Lipinski definition) is 2. The molecule has 1 aromatic rings. The molecule has 2 rings (SSSR count). The van der Waals surface area contributed by atoms with E-state index >= 15 is 0 Å². The number of hydrogen-bond acceptors (Lipinski definition) is 2. The second-order valence-electron chi connectivity index (χ2n) is 6.89. The molecule has 0 amide bonds. The molecular weight excluding hydrogens is 423 g/mol. The van der Waals surface area contributed by atoms with E-state index in [4.69, 9.17) is 0 Å². The van der Waals surface area contributed by atoms with Gasteiger partial charge in [-0.3, -0.25) is 9.89 Å². The first-order valence-electron chi connectivity index (χ1n) is 9.48. The summed E-state index contributed by atoms with van der Waals surface area (Å²) in [4.78, 5) is 6.90. The molecule has 25 heavy (non-hydrogen) atoms. The maximum absolute atomic E-state index is 4.30. The van der Waals surface area contributed by atoms with Crippen LogP contribution in [-0.4, -0.2) is 37.0 Å². The van der Waals surface area contributed by atoms with Gasteiger partial charge in [0, 0.05) is 26.2 Å². The summed E-state index contributed by atoms with van der Waals surface area (Å²) in [6.07, 6.45) is 6.56. The van der Waals surface area contributed by atoms with Crippen molar-refractivity contribution in [3.63, 3.8) is 0 Å². The zero-order valence-electron chi connectivity index (χ0n) is 16.1. The van der Waals surface area contributed by atoms with Gasteiger partial charge in [0.1, 0.15) is 0 Å². The molecule has 0 saturated carbocycles. The number of aliphatic imine (C=N–C) groups is 1. The third-order valence-electron chi connectivity index (χ3n) is 4.78. The minimum Gasteiger partial charge on any atom is -0.354 e. The van der Waals surface area contributed by atoms with E-state index in [1.54, 1.807) is 0 Å². The monoisotopic (exact) mass is 458 g/mol. The predicted octanol–water partition coefficient (Wildman–Crippen LogP) is 4.14. The van der Waals surface area contributed by atoms with Crippen LogP contribution in [0.5, 0.6) is 0 Å². The molecule has 142 valence electrons. The van der Waals surface area contributed by atoms with Gasteiger partial charge < -0.3 is 10.6 Å². The molecule has 0 radical (unpaired) electrons. The highest BCUT2D eigenvalue weighted by molar-refractivity contribution is 14.0. The standard InChI is InChI=1S/C20H34N4.HI/c1-4-17(2)23-20(21-3)22-15-18-10-9-11-19(14-18)16-24-12-7-5-6-8-13-24;/h9-11,14,17H,4-8,12-13,15-16H2,1-3H3,(H2,21,22,23);1H. The Morgan fingerprint density at radius 3 is 2.48 bits per heavy atom. The Balaban J connectivity index is 0.00000312. The minimum atomic E-state index is 0. The molecule has 1 aliphatic heterocycles. The maximum Gasteiger partial charge on any atom is 0.191 e. The molecule has 1 heterocycles. The Bertz CT molecular complexity index is 510. The Hall–Kier alpha value is -0.820. The van der Waals surface area contributed by atoms with Crippen LogP contribution in [-0.2, 0) is 13.1 Å². The average molecular weight is 458 g/mol. The number of nitrogens with one attached hydrogen (secondary N) is 2. The molecule has 1 atom stereocenters. The second-order valence-corrected chi connectivity index (χ2v) is 6.89. The van der Waals surface area contributed by atoms with Gasteiger partial charge in [0.05, 0.1) is 0 Å². The van der Waals surface area contributed by atoms with Gasteiger partial charge in [0.15, 0.2) is 5.96 Å². The van der Waals surface area contributed by atoms with Gasteiger partial charge in [0.2, 0.25) is 0 Å². The van der Waals surface area contributed by atoms with E-state index in [0.717, 1.165) is 25.5 Å². The Kier molecular flexibility index (Phi) is 11.1. The average Bonchev–Trinajstić information content (AvgIpc) is 2.87. The topological polar surface area (TPSA) is 39.7 Å². The first kappa shape index (κ1) is 22.2. The van der Waals surface area contributed by atoms with Crippen molar-refractivity contribution in [3.05, 3.63) is 35.4 Å². The lowest BCUT2D eigenvalue weighted by Gasteiger charge is -2.20. The fourth-order valence-corrected chi connectivity index (χ4v) is 3.11. The van der Waals surface area contributed by atoms with Crippen molar-refractivity contribution in [2.75, 3.05) is 20.1 Å². The number of nitrogens with zero attached hydrogens (tertiary/aromatic N) is 2. The highest BCUT2D eigenvalue weighted by Crippen LogP contribution is 2.14. The summed E-state index contributed by atoms with van der Waals surface area (Å²) < 4.78 is 0. The largest absolute Gasteiger partial charge is 0.354 e. The SMILES string of the molecule is CCC(C)NC(=NC)NCc1cccc(CN2CCCCCC2)c1.I. The van der Waals surface area contributed by atoms with E-state index in [1.165, 1.54) is 49.9 Å². The molecule has 1 aromatic carbocycles. The van der Waals surface area contributed by atoms with Gasteiger partial charge in [-0.1, -0.05) is 44.0 Å². The molecule has 1 unspecified atom stereocenters. The minimum absolute atomic E-state index is 0. The lowest BCUT2D eigenvalue weighted by Crippen LogP contribution is -2.41. The molecule has 5 heteroatoms. The Labute approximate surface area is 170 Å². The van der Waals surface area contributed by atoms with Gasteiger partial charge >= 0.3 is 0 Å². The fraction of sp³-hybridized carbons (Fsp3) is 0.650. The fourth-order valence-electron chi connectivity index (χ4n) is 3.11. The highest BCUT2D eigenvalue weighted by Gasteiger charge is 2.10. The van der Waals surface area contributed by atoms with Crippen LogP contribution in [0.15, 0.2) is 29.3 Å². The highest BCUT2D eigenvalue weighted by atomic mass is 127. The summed E-state index contributed by atoms with van der Waals surface area (Å²) in [7, 11) is 1.83. The van der Waals surface area contributed by atoms with Gasteiger partial charge in [-0.2, -0.15) is 0 Å². The van der Waals surface area contributed by atoms with E-state index in [0.29, 0.717) is 6.04 Å². The molecule has 0 bridgehead atoms. The number of halogens is 1. The van der Waals surface area contributed by atoms with Crippen molar-refractivity contribution < 1.29 is 0 Å². The van der Waals surface area contributed by atoms with Crippen molar-refractivity contribution >= 4 is 29.9 Å². The van der Waals surface area contributed by atoms with Gasteiger partial charge in [-0.05, 0) is 50.4 Å². The third-order valence-corrected chi connectivity index (χ3v) is 4.78. The lowest BCUT2D eigenvalue weighted by atomic mass is 10.1. The van der Waals surface area contributed by atoms with Crippen LogP contribution in [0, 0.1) is 0 Å². The van der Waals surface area contributed by atoms with Gasteiger partial charge in [-0.25, -0.2) is 0 Å². The van der Waals surface area contributed by atoms with E-state index in [1.807, 2.05) is 7.05 Å². The van der Waals surface area contributed by atoms with Crippen LogP contribution in [0.3, 0.4) is 0 Å². The van der Waals surface area contributed by atoms with Gasteiger partial charge in [-0.15, -0.1) is 24.0 Å². The van der Waals surface area contributed by atoms with Crippen molar-refractivity contribution in [1.82, 2.24) is 15.5 Å². The summed E-state index contributed by atoms with van der Waals surface area (Å²) in [5.41, 5.74) is 2.73. The van der Waals surface area contributed by atoms with Crippen LogP contribution < -0.4 is 10.6 Å². The molecule has 0 aliphatic carbocycles. The Morgan fingerprint density at radius 2 is 1.84 bits per heavy atom. The van der Waals surface area contributed by atoms with Crippen LogP contribution in [0.4, 0.5) is 0 Å². The quantitative estimate of drug-likeness (QED) is 0.383. The Morgan fingerprint density at radius 1 is 1.16 bits per heavy atom. The third kappa shape index (κ3) is 8.40. The molecule has 2 N–H and O–H groups in total. The second kappa shape index (κ2) is 12.5. The number of rotatable bonds is 6. The van der Waals surface area contributed by atoms with E-state index < -0.39 is 0 Å². The van der Waals surface area contributed by atoms with Crippen molar-refractivity contribution in [2.24, 2.45) is 4.99 Å². The van der Waals surface area contributed by atoms with E-state index in [-0.39, 0.29) is 24.0 Å². The van der Waals surface area contributed by atoms with E-state index in [2.05, 4.69) is 58.6 Å². The van der Waals surface area contributed by atoms with Crippen LogP contribution in [0.2, 0.25) is 0 Å². The normalized spacial score (nSPS) is 17.3. The molecule has 1 fully saturated rings. The molecule has 1 aliphatic rings. The number of guanidine groups is 1. The summed E-state index contributed by atoms with van der Waals surface area (Å²) in [5, 5.41) is 6.82. The summed E-state index contributed by atoms with van der Waals surface area (Å²) in [6.45, 7) is 8.73. The summed E-state index contributed by atoms with van der Waals surface area (Å²) in [5.74, 6) is 0.877. The van der Waals surface area contributed by atoms with E-state index in [9.17, 15) is 0 Å². The van der Waals surface area contributed by atoms with Crippen LogP contribution in [0.1, 0.15) is 57.1 Å². The summed E-state index contributed by atoms with van der Waals surface area (Å²) in [6, 6.07) is 9.38. The zero-order valence-corrected chi connectivity index (χ0v) is 18.4. The lowest BCUT2D eigenvalue weighted by molar-refractivity contribution is 0.277. The van der Waals surface area contributed by atoms with Crippen molar-refractivity contribution in [2.45, 2.75) is 65.1 Å². The molecular formula is C20H35IN4. The molecule has 4 nitrogen and oxygen atoms in total. The molecule has 0 aromatic heterocycles. The number of likely N-dealkylation sites (tertiary alicyclic amines) is 1. The predicted molar refractivity (Wildman–Crippen MR) is 119 cm³/mol. The molecule has 1 saturated heterocycles. The maximum atomic E-state index is 4.30. The first-order chi connectivity index (χ1) is 11.7. The van der Waals surface area contributed by atoms with Crippen molar-refractivity contribution in [1.29, 1.82) is 0 Å². The zero-order chi connectivity index (χ0) is 17.2. The van der Waals surface area contributed by atoms with Crippen molar-refractivity contribution in [3.8, 4) is 0 Å². The number of benzene rings is 1. The molecule has 0 spiro atoms. The van der Waals surface area contributed by atoms with Gasteiger partial charge in [0.25, 0.3) is 0 Å². The first-order valence-corrected chi connectivity index (χ1v) is 9.48. The van der Waals surface area contributed by atoms with Crippen LogP contribution in [0.25, 0.3) is 0 Å². The summed E-state index contributed by atoms with van der Waals surface area (Å²) >= 11 is 0.